The summed E-state index contributed by atoms with van der Waals surface area (Å²) in [6.07, 6.45) is 1.48. The van der Waals surface area contributed by atoms with E-state index in [9.17, 15) is 14.7 Å². The summed E-state index contributed by atoms with van der Waals surface area (Å²) in [7, 11) is 1.59. The van der Waals surface area contributed by atoms with Gasteiger partial charge in [-0.3, -0.25) is 4.79 Å². The van der Waals surface area contributed by atoms with Crippen molar-refractivity contribution < 1.29 is 24.5 Å². The molecule has 1 heterocycles. The maximum atomic E-state index is 12.2. The number of ether oxygens (including phenoxy) is 1. The third-order valence-corrected chi connectivity index (χ3v) is 5.16. The molecule has 1 aromatic carbocycles. The summed E-state index contributed by atoms with van der Waals surface area (Å²) >= 11 is 2.83. The summed E-state index contributed by atoms with van der Waals surface area (Å²) in [5, 5.41) is 19.5. The Morgan fingerprint density at radius 1 is 1.36 bits per heavy atom. The Bertz CT molecular complexity index is 692. The second-order valence-electron chi connectivity index (χ2n) is 5.03. The number of carboxylic acid groups (broad SMARTS) is 1. The minimum absolute atomic E-state index is 0.390. The number of rotatable bonds is 6. The van der Waals surface area contributed by atoms with Gasteiger partial charge in [-0.25, -0.2) is 4.79 Å². The molecule has 0 saturated heterocycles. The molecule has 5 nitrogen and oxygen atoms in total. The largest absolute Gasteiger partial charge is 0.496 e. The first kappa shape index (κ1) is 16.8. The van der Waals surface area contributed by atoms with Crippen LogP contribution < -0.4 is 4.74 Å². The summed E-state index contributed by atoms with van der Waals surface area (Å²) < 4.78 is 6.23. The van der Waals surface area contributed by atoms with Crippen LogP contribution in [0.5, 0.6) is 5.75 Å². The van der Waals surface area contributed by atoms with E-state index < -0.39 is 23.8 Å². The Balaban J connectivity index is 2.37. The monoisotopic (exact) mass is 340 g/mol. The lowest BCUT2D eigenvalue weighted by Gasteiger charge is -2.15. The van der Waals surface area contributed by atoms with Crippen LogP contribution in [0, 0.1) is 0 Å². The van der Waals surface area contributed by atoms with E-state index in [1.807, 2.05) is 18.4 Å². The van der Waals surface area contributed by atoms with Crippen molar-refractivity contribution in [2.75, 3.05) is 13.4 Å². The highest BCUT2D eigenvalue weighted by Gasteiger charge is 2.33. The zero-order chi connectivity index (χ0) is 16.5. The molecule has 0 radical (unpaired) electrons. The van der Waals surface area contributed by atoms with Crippen molar-refractivity contribution >= 4 is 44.9 Å². The second kappa shape index (κ2) is 6.28. The zero-order valence-electron chi connectivity index (χ0n) is 12.4. The Morgan fingerprint density at radius 2 is 2.05 bits per heavy atom. The van der Waals surface area contributed by atoms with Crippen molar-refractivity contribution in [1.29, 1.82) is 0 Å². The van der Waals surface area contributed by atoms with Gasteiger partial charge in [-0.2, -0.15) is 0 Å². The van der Waals surface area contributed by atoms with Gasteiger partial charge in [0, 0.05) is 4.70 Å². The van der Waals surface area contributed by atoms with Crippen LogP contribution in [0.2, 0.25) is 0 Å². The molecule has 0 bridgehead atoms. The summed E-state index contributed by atoms with van der Waals surface area (Å²) in [5.74, 6) is -1.07. The molecule has 0 saturated carbocycles. The van der Waals surface area contributed by atoms with Gasteiger partial charge in [0.15, 0.2) is 11.4 Å². The van der Waals surface area contributed by atoms with Crippen molar-refractivity contribution in [3.63, 3.8) is 0 Å². The standard InChI is InChI=1S/C15H16O5S2/c1-15(19,14(17)18)7-9(16)12-5-8-4-10(20-2)13(21-3)6-11(8)22-12/h4-6,19H,7H2,1-3H3,(H,17,18). The van der Waals surface area contributed by atoms with Crippen LogP contribution in [-0.2, 0) is 4.79 Å². The van der Waals surface area contributed by atoms with Crippen molar-refractivity contribution in [2.24, 2.45) is 0 Å². The summed E-state index contributed by atoms with van der Waals surface area (Å²) in [4.78, 5) is 24.5. The van der Waals surface area contributed by atoms with Gasteiger partial charge in [-0.05, 0) is 36.8 Å². The van der Waals surface area contributed by atoms with E-state index >= 15 is 0 Å². The van der Waals surface area contributed by atoms with E-state index in [2.05, 4.69) is 0 Å². The molecule has 0 amide bonds. The number of carbonyl (C=O) groups is 2. The Morgan fingerprint density at radius 3 is 2.59 bits per heavy atom. The van der Waals surface area contributed by atoms with Crippen LogP contribution in [0.1, 0.15) is 23.0 Å². The molecule has 2 aromatic rings. The van der Waals surface area contributed by atoms with E-state index in [4.69, 9.17) is 9.84 Å². The summed E-state index contributed by atoms with van der Waals surface area (Å²) in [5.41, 5.74) is -2.06. The number of thiophene rings is 1. The quantitative estimate of drug-likeness (QED) is 0.621. The lowest BCUT2D eigenvalue weighted by Crippen LogP contribution is -2.37. The normalized spacial score (nSPS) is 13.8. The smallest absolute Gasteiger partial charge is 0.335 e. The van der Waals surface area contributed by atoms with E-state index in [1.165, 1.54) is 11.3 Å². The fraction of sp³-hybridized carbons (Fsp3) is 0.333. The third kappa shape index (κ3) is 3.26. The number of benzene rings is 1. The number of hydrogen-bond donors (Lipinski definition) is 2. The van der Waals surface area contributed by atoms with Crippen LogP contribution in [0.4, 0.5) is 0 Å². The van der Waals surface area contributed by atoms with Crippen molar-refractivity contribution in [2.45, 2.75) is 23.8 Å². The van der Waals surface area contributed by atoms with Crippen LogP contribution >= 0.6 is 23.1 Å². The molecule has 118 valence electrons. The molecule has 1 aromatic heterocycles. The van der Waals surface area contributed by atoms with E-state index in [1.54, 1.807) is 24.9 Å². The molecule has 1 atom stereocenters. The number of fused-ring (bicyclic) bond motifs is 1. The third-order valence-electron chi connectivity index (χ3n) is 3.26. The van der Waals surface area contributed by atoms with Gasteiger partial charge in [0.2, 0.25) is 0 Å². The molecule has 0 spiro atoms. The molecule has 22 heavy (non-hydrogen) atoms. The van der Waals surface area contributed by atoms with Crippen LogP contribution in [0.15, 0.2) is 23.1 Å². The Labute approximate surface area is 135 Å². The van der Waals surface area contributed by atoms with Gasteiger partial charge >= 0.3 is 5.97 Å². The Hall–Kier alpha value is -1.57. The molecule has 7 heteroatoms. The van der Waals surface area contributed by atoms with E-state index in [-0.39, 0.29) is 0 Å². The predicted octanol–water partition coefficient (Wildman–Crippen LogP) is 3.04. The number of ketones is 1. The van der Waals surface area contributed by atoms with Gasteiger partial charge in [-0.1, -0.05) is 0 Å². The molecule has 0 aliphatic carbocycles. The summed E-state index contributed by atoms with van der Waals surface area (Å²) in [6.45, 7) is 1.12. The fourth-order valence-corrected chi connectivity index (χ4v) is 3.65. The van der Waals surface area contributed by atoms with E-state index in [0.29, 0.717) is 4.88 Å². The molecule has 1 unspecified atom stereocenters. The summed E-state index contributed by atoms with van der Waals surface area (Å²) in [6, 6.07) is 5.49. The lowest BCUT2D eigenvalue weighted by atomic mass is 9.99. The highest BCUT2D eigenvalue weighted by molar-refractivity contribution is 7.98. The molecular formula is C15H16O5S2. The number of hydrogen-bond acceptors (Lipinski definition) is 6. The van der Waals surface area contributed by atoms with Gasteiger partial charge in [0.05, 0.1) is 23.3 Å². The van der Waals surface area contributed by atoms with Gasteiger partial charge in [0.1, 0.15) is 5.75 Å². The van der Waals surface area contributed by atoms with Crippen molar-refractivity contribution in [3.05, 3.63) is 23.1 Å². The highest BCUT2D eigenvalue weighted by atomic mass is 32.2. The Kier molecular flexibility index (Phi) is 4.79. The molecule has 0 aliphatic rings. The number of Topliss-reactive ketones (excluding diaryl/α,β-unsaturated/α-hetero) is 1. The van der Waals surface area contributed by atoms with Crippen LogP contribution in [-0.4, -0.2) is 40.9 Å². The molecule has 2 N–H and O–H groups in total. The first-order valence-electron chi connectivity index (χ1n) is 6.43. The van der Waals surface area contributed by atoms with Gasteiger partial charge in [-0.15, -0.1) is 23.1 Å². The number of aliphatic hydroxyl groups is 1. The van der Waals surface area contributed by atoms with Gasteiger partial charge < -0.3 is 14.9 Å². The number of carbonyl (C=O) groups excluding carboxylic acids is 1. The maximum Gasteiger partial charge on any atom is 0.335 e. The molecular weight excluding hydrogens is 324 g/mol. The zero-order valence-corrected chi connectivity index (χ0v) is 14.0. The van der Waals surface area contributed by atoms with Gasteiger partial charge in [0.25, 0.3) is 0 Å². The molecule has 0 aliphatic heterocycles. The highest BCUT2D eigenvalue weighted by Crippen LogP contribution is 2.36. The average Bonchev–Trinajstić information content (AvgIpc) is 2.87. The number of carboxylic acids is 1. The first-order chi connectivity index (χ1) is 10.3. The van der Waals surface area contributed by atoms with Crippen LogP contribution in [0.25, 0.3) is 10.1 Å². The van der Waals surface area contributed by atoms with Crippen molar-refractivity contribution in [3.8, 4) is 5.75 Å². The molecule has 0 fully saturated rings. The number of thioether (sulfide) groups is 1. The predicted molar refractivity (Wildman–Crippen MR) is 87.4 cm³/mol. The average molecular weight is 340 g/mol. The van der Waals surface area contributed by atoms with E-state index in [0.717, 1.165) is 27.7 Å². The van der Waals surface area contributed by atoms with Crippen LogP contribution in [0.3, 0.4) is 0 Å². The SMILES string of the molecule is COc1cc2cc(C(=O)CC(C)(O)C(=O)O)sc2cc1SC. The fourth-order valence-electron chi connectivity index (χ4n) is 1.98. The topological polar surface area (TPSA) is 83.8 Å². The molecule has 2 rings (SSSR count). The second-order valence-corrected chi connectivity index (χ2v) is 6.97. The number of aliphatic carboxylic acids is 1. The number of methoxy groups -OCH3 is 1. The first-order valence-corrected chi connectivity index (χ1v) is 8.47. The van der Waals surface area contributed by atoms with Crippen molar-refractivity contribution in [1.82, 2.24) is 0 Å². The minimum atomic E-state index is -2.06. The maximum absolute atomic E-state index is 12.2. The minimum Gasteiger partial charge on any atom is -0.496 e. The lowest BCUT2D eigenvalue weighted by molar-refractivity contribution is -0.156.